The maximum Gasteiger partial charge on any atom is 0.182 e. The lowest BCUT2D eigenvalue weighted by Crippen LogP contribution is -2.34. The van der Waals surface area contributed by atoms with E-state index in [1.54, 1.807) is 0 Å². The van der Waals surface area contributed by atoms with Crippen molar-refractivity contribution in [1.29, 1.82) is 0 Å². The Kier molecular flexibility index (Phi) is 2.35. The molecule has 0 amide bonds. The normalized spacial score (nSPS) is 30.7. The molecule has 3 rings (SSSR count). The zero-order valence-electron chi connectivity index (χ0n) is 8.61. The van der Waals surface area contributed by atoms with Crippen molar-refractivity contribution in [3.63, 3.8) is 0 Å². The molecule has 1 saturated heterocycles. The smallest absolute Gasteiger partial charge is 0.182 e. The fourth-order valence-electron chi connectivity index (χ4n) is 2.65. The number of fused-ring (bicyclic) bond motifs is 2. The minimum Gasteiger partial charge on any atom is -0.443 e. The standard InChI is InChI=1S/C11H13IN2O/c1-14-8-2-3-9(14)5-7(4-8)10-11(12)13-6-15-10/h4,6,8-9H,2-3,5H2,1H3. The molecule has 3 heterocycles. The number of nitrogens with zero attached hydrogens (tertiary/aromatic N) is 2. The van der Waals surface area contributed by atoms with Crippen molar-refractivity contribution >= 4 is 28.2 Å². The maximum absolute atomic E-state index is 5.46. The van der Waals surface area contributed by atoms with E-state index in [9.17, 15) is 0 Å². The third kappa shape index (κ3) is 1.54. The van der Waals surface area contributed by atoms with E-state index in [0.29, 0.717) is 12.1 Å². The molecule has 4 heteroatoms. The zero-order valence-corrected chi connectivity index (χ0v) is 10.8. The summed E-state index contributed by atoms with van der Waals surface area (Å²) in [5.74, 6) is 0.987. The third-order valence-corrected chi connectivity index (χ3v) is 4.33. The molecule has 2 bridgehead atoms. The van der Waals surface area contributed by atoms with Gasteiger partial charge in [0.2, 0.25) is 0 Å². The predicted octanol–water partition coefficient (Wildman–Crippen LogP) is 2.53. The highest BCUT2D eigenvalue weighted by Crippen LogP contribution is 2.38. The zero-order chi connectivity index (χ0) is 10.4. The number of rotatable bonds is 1. The lowest BCUT2D eigenvalue weighted by atomic mass is 10.0. The molecule has 15 heavy (non-hydrogen) atoms. The number of hydrogen-bond acceptors (Lipinski definition) is 3. The summed E-state index contributed by atoms with van der Waals surface area (Å²) in [5.41, 5.74) is 1.35. The first-order chi connectivity index (χ1) is 7.25. The Balaban J connectivity index is 1.97. The number of halogens is 1. The van der Waals surface area contributed by atoms with Crippen LogP contribution in [0.2, 0.25) is 0 Å². The van der Waals surface area contributed by atoms with Crippen LogP contribution in [0.5, 0.6) is 0 Å². The van der Waals surface area contributed by atoms with Crippen LogP contribution in [0.4, 0.5) is 0 Å². The van der Waals surface area contributed by atoms with Crippen LogP contribution in [0.25, 0.3) is 5.57 Å². The number of oxazole rings is 1. The predicted molar refractivity (Wildman–Crippen MR) is 66.4 cm³/mol. The van der Waals surface area contributed by atoms with Crippen LogP contribution in [0.1, 0.15) is 25.0 Å². The fraction of sp³-hybridized carbons (Fsp3) is 0.545. The summed E-state index contributed by atoms with van der Waals surface area (Å²) in [4.78, 5) is 6.63. The lowest BCUT2D eigenvalue weighted by Gasteiger charge is -2.29. The van der Waals surface area contributed by atoms with Crippen molar-refractivity contribution in [1.82, 2.24) is 9.88 Å². The van der Waals surface area contributed by atoms with E-state index >= 15 is 0 Å². The molecule has 1 fully saturated rings. The molecular weight excluding hydrogens is 303 g/mol. The van der Waals surface area contributed by atoms with Gasteiger partial charge in [0, 0.05) is 12.1 Å². The minimum atomic E-state index is 0.611. The molecule has 2 unspecified atom stereocenters. The van der Waals surface area contributed by atoms with E-state index in [4.69, 9.17) is 4.42 Å². The Morgan fingerprint density at radius 2 is 2.40 bits per heavy atom. The molecule has 0 aliphatic carbocycles. The van der Waals surface area contributed by atoms with Gasteiger partial charge in [0.1, 0.15) is 3.70 Å². The van der Waals surface area contributed by atoms with Gasteiger partial charge in [0.15, 0.2) is 12.2 Å². The van der Waals surface area contributed by atoms with Gasteiger partial charge in [0.05, 0.1) is 0 Å². The lowest BCUT2D eigenvalue weighted by molar-refractivity contribution is 0.263. The van der Waals surface area contributed by atoms with Crippen molar-refractivity contribution in [3.05, 3.63) is 21.9 Å². The Bertz CT molecular complexity index is 412. The van der Waals surface area contributed by atoms with Gasteiger partial charge in [0.25, 0.3) is 0 Å². The van der Waals surface area contributed by atoms with Gasteiger partial charge in [-0.1, -0.05) is 6.08 Å². The van der Waals surface area contributed by atoms with Crippen molar-refractivity contribution in [2.24, 2.45) is 0 Å². The highest BCUT2D eigenvalue weighted by atomic mass is 127. The molecular formula is C11H13IN2O. The topological polar surface area (TPSA) is 29.3 Å². The number of aromatic nitrogens is 1. The van der Waals surface area contributed by atoms with Crippen molar-refractivity contribution in [3.8, 4) is 0 Å². The summed E-state index contributed by atoms with van der Waals surface area (Å²) in [6.07, 6.45) is 7.60. The molecule has 3 nitrogen and oxygen atoms in total. The molecule has 1 aromatic rings. The third-order valence-electron chi connectivity index (χ3n) is 3.56. The molecule has 80 valence electrons. The van der Waals surface area contributed by atoms with E-state index in [-0.39, 0.29) is 0 Å². The van der Waals surface area contributed by atoms with Crippen LogP contribution in [-0.4, -0.2) is 29.0 Å². The van der Waals surface area contributed by atoms with E-state index in [2.05, 4.69) is 45.6 Å². The summed E-state index contributed by atoms with van der Waals surface area (Å²) < 4.78 is 6.45. The molecule has 2 atom stereocenters. The molecule has 0 N–H and O–H groups in total. The molecule has 0 saturated carbocycles. The summed E-state index contributed by atoms with van der Waals surface area (Å²) in [5, 5.41) is 0. The van der Waals surface area contributed by atoms with E-state index in [0.717, 1.165) is 15.9 Å². The van der Waals surface area contributed by atoms with E-state index in [1.807, 2.05) is 0 Å². The Hall–Kier alpha value is -0.360. The second-order valence-corrected chi connectivity index (χ2v) is 5.35. The van der Waals surface area contributed by atoms with Crippen LogP contribution < -0.4 is 0 Å². The van der Waals surface area contributed by atoms with Gasteiger partial charge < -0.3 is 4.42 Å². The SMILES string of the molecule is CN1C2C=C(c3ocnc3I)CC1CC2. The van der Waals surface area contributed by atoms with Crippen LogP contribution in [0.15, 0.2) is 16.9 Å². The number of likely N-dealkylation sites (N-methyl/N-ethyl adjacent to an activating group) is 1. The largest absolute Gasteiger partial charge is 0.443 e. The second kappa shape index (κ2) is 3.59. The Morgan fingerprint density at radius 1 is 1.53 bits per heavy atom. The maximum atomic E-state index is 5.46. The summed E-state index contributed by atoms with van der Waals surface area (Å²) >= 11 is 2.24. The second-order valence-electron chi connectivity index (χ2n) is 4.33. The van der Waals surface area contributed by atoms with Crippen LogP contribution in [-0.2, 0) is 0 Å². The van der Waals surface area contributed by atoms with Crippen molar-refractivity contribution < 1.29 is 4.42 Å². The summed E-state index contributed by atoms with van der Waals surface area (Å²) in [7, 11) is 2.22. The Morgan fingerprint density at radius 3 is 3.07 bits per heavy atom. The van der Waals surface area contributed by atoms with Crippen LogP contribution in [0, 0.1) is 3.70 Å². The first kappa shape index (κ1) is 9.84. The highest BCUT2D eigenvalue weighted by Gasteiger charge is 2.35. The quantitative estimate of drug-likeness (QED) is 0.746. The monoisotopic (exact) mass is 316 g/mol. The minimum absolute atomic E-state index is 0.611. The van der Waals surface area contributed by atoms with Gasteiger partial charge >= 0.3 is 0 Å². The molecule has 1 aromatic heterocycles. The van der Waals surface area contributed by atoms with Gasteiger partial charge in [-0.15, -0.1) is 0 Å². The summed E-state index contributed by atoms with van der Waals surface area (Å²) in [6.45, 7) is 0. The van der Waals surface area contributed by atoms with Gasteiger partial charge in [-0.25, -0.2) is 4.98 Å². The molecule has 0 spiro atoms. The molecule has 2 aliphatic rings. The number of hydrogen-bond donors (Lipinski definition) is 0. The molecule has 2 aliphatic heterocycles. The average molecular weight is 316 g/mol. The highest BCUT2D eigenvalue weighted by molar-refractivity contribution is 14.1. The molecule has 0 aromatic carbocycles. The van der Waals surface area contributed by atoms with E-state index in [1.165, 1.54) is 24.8 Å². The van der Waals surface area contributed by atoms with Crippen LogP contribution in [0.3, 0.4) is 0 Å². The first-order valence-corrected chi connectivity index (χ1v) is 6.35. The van der Waals surface area contributed by atoms with Crippen LogP contribution >= 0.6 is 22.6 Å². The fourth-order valence-corrected chi connectivity index (χ4v) is 3.24. The summed E-state index contributed by atoms with van der Waals surface area (Å²) in [6, 6.07) is 1.32. The van der Waals surface area contributed by atoms with Crippen molar-refractivity contribution in [2.45, 2.75) is 31.3 Å². The average Bonchev–Trinajstić information content (AvgIpc) is 2.70. The van der Waals surface area contributed by atoms with Gasteiger partial charge in [-0.2, -0.15) is 0 Å². The van der Waals surface area contributed by atoms with Gasteiger partial charge in [-0.05, 0) is 54.5 Å². The Labute approximate surface area is 103 Å². The molecule has 0 radical (unpaired) electrons. The van der Waals surface area contributed by atoms with Crippen molar-refractivity contribution in [2.75, 3.05) is 7.05 Å². The van der Waals surface area contributed by atoms with Gasteiger partial charge in [-0.3, -0.25) is 4.90 Å². The first-order valence-electron chi connectivity index (χ1n) is 5.27. The van der Waals surface area contributed by atoms with E-state index < -0.39 is 0 Å².